The number of Topliss-reactive ketones (excluding diaryl/α,β-unsaturated/α-hetero) is 1. The number of phenolic OH excluding ortho intramolecular Hbond substituents is 1. The molecule has 0 spiro atoms. The number of halogens is 3. The molecule has 2 aromatic rings. The van der Waals surface area contributed by atoms with Crippen LogP contribution in [0.5, 0.6) is 11.5 Å². The number of hydrogen-bond acceptors (Lipinski definition) is 6. The van der Waals surface area contributed by atoms with E-state index >= 15 is 0 Å². The molecule has 0 fully saturated rings. The number of nitrogens with one attached hydrogen (secondary N) is 1. The number of carbonyl (C=O) groups is 2. The maximum absolute atomic E-state index is 12.3. The average Bonchev–Trinajstić information content (AvgIpc) is 2.60. The summed E-state index contributed by atoms with van der Waals surface area (Å²) in [5.74, 6) is -1.56. The largest absolute Gasteiger partial charge is 0.573 e. The minimum Gasteiger partial charge on any atom is -0.507 e. The predicted molar refractivity (Wildman–Crippen MR) is 85.0 cm³/mol. The molecule has 3 rings (SSSR count). The van der Waals surface area contributed by atoms with Gasteiger partial charge in [0.2, 0.25) is 5.78 Å². The van der Waals surface area contributed by atoms with Crippen LogP contribution in [-0.4, -0.2) is 23.5 Å². The second-order valence-electron chi connectivity index (χ2n) is 5.22. The molecule has 0 aromatic heterocycles. The summed E-state index contributed by atoms with van der Waals surface area (Å²) < 4.78 is 40.6. The van der Waals surface area contributed by atoms with Crippen molar-refractivity contribution in [1.29, 1.82) is 0 Å². The van der Waals surface area contributed by atoms with E-state index in [2.05, 4.69) is 10.2 Å². The monoisotopic (exact) mass is 364 g/mol. The number of fused-ring (bicyclic) bond motifs is 1. The molecule has 26 heavy (non-hydrogen) atoms. The Labute approximate surface area is 144 Å². The van der Waals surface area contributed by atoms with Crippen LogP contribution in [0.3, 0.4) is 0 Å². The number of alkyl halides is 3. The van der Waals surface area contributed by atoms with E-state index in [1.807, 2.05) is 0 Å². The first-order valence-electron chi connectivity index (χ1n) is 7.24. The summed E-state index contributed by atoms with van der Waals surface area (Å²) in [5.41, 5.74) is 2.88. The molecule has 0 unspecified atom stereocenters. The average molecular weight is 364 g/mol. The Morgan fingerprint density at radius 3 is 2.46 bits per heavy atom. The first-order chi connectivity index (χ1) is 12.3. The fraction of sp³-hybridized carbons (Fsp3) is 0.0588. The van der Waals surface area contributed by atoms with Crippen molar-refractivity contribution in [3.05, 3.63) is 52.9 Å². The zero-order valence-electron chi connectivity index (χ0n) is 12.9. The highest BCUT2D eigenvalue weighted by Gasteiger charge is 2.31. The molecule has 0 saturated carbocycles. The van der Waals surface area contributed by atoms with E-state index in [9.17, 15) is 27.9 Å². The molecule has 6 nitrogen and oxygen atoms in total. The topological polar surface area (TPSA) is 78.9 Å². The van der Waals surface area contributed by atoms with Gasteiger partial charge in [-0.15, -0.1) is 13.2 Å². The minimum atomic E-state index is -4.83. The van der Waals surface area contributed by atoms with Crippen LogP contribution < -0.4 is 25.6 Å². The van der Waals surface area contributed by atoms with Crippen LogP contribution >= 0.6 is 0 Å². The van der Waals surface area contributed by atoms with Crippen molar-refractivity contribution in [2.24, 2.45) is 0 Å². The van der Waals surface area contributed by atoms with Gasteiger partial charge in [-0.05, 0) is 30.3 Å². The number of carbonyl (C=O) groups excluding carboxylic acids is 2. The number of anilines is 1. The van der Waals surface area contributed by atoms with Crippen molar-refractivity contribution >= 4 is 29.7 Å². The summed E-state index contributed by atoms with van der Waals surface area (Å²) in [4.78, 5) is 23.2. The van der Waals surface area contributed by atoms with E-state index in [1.54, 1.807) is 12.1 Å². The summed E-state index contributed by atoms with van der Waals surface area (Å²) in [7, 11) is 0. The zero-order chi connectivity index (χ0) is 18.9. The Morgan fingerprint density at radius 2 is 1.85 bits per heavy atom. The van der Waals surface area contributed by atoms with Gasteiger partial charge in [0.15, 0.2) is 6.29 Å². The summed E-state index contributed by atoms with van der Waals surface area (Å²) in [6, 6.07) is 9.21. The number of hydrogen-bond donors (Lipinski definition) is 2. The fourth-order valence-corrected chi connectivity index (χ4v) is 2.54. The van der Waals surface area contributed by atoms with Crippen LogP contribution in [0.1, 0.15) is 0 Å². The number of hydrazine groups is 1. The van der Waals surface area contributed by atoms with Gasteiger partial charge in [0.1, 0.15) is 17.2 Å². The van der Waals surface area contributed by atoms with Crippen molar-refractivity contribution in [2.45, 2.75) is 6.36 Å². The van der Waals surface area contributed by atoms with Gasteiger partial charge in [-0.1, -0.05) is 12.1 Å². The van der Waals surface area contributed by atoms with E-state index in [1.165, 1.54) is 29.4 Å². The number of ketones is 1. The standard InChI is InChI=1S/C17H11F3N2O4/c18-17(19,20)26-12-6-4-11(5-7-12)22-16(14(25)9-23)15-10(8-21-22)2-1-3-13(15)24/h1-9,21,24H. The number of nitrogens with zero attached hydrogens (tertiary/aromatic N) is 1. The van der Waals surface area contributed by atoms with Crippen molar-refractivity contribution in [3.63, 3.8) is 0 Å². The van der Waals surface area contributed by atoms with E-state index in [4.69, 9.17) is 0 Å². The maximum Gasteiger partial charge on any atom is 0.573 e. The van der Waals surface area contributed by atoms with Gasteiger partial charge in [-0.25, -0.2) is 0 Å². The lowest BCUT2D eigenvalue weighted by molar-refractivity contribution is -0.274. The summed E-state index contributed by atoms with van der Waals surface area (Å²) in [6.45, 7) is 0. The zero-order valence-corrected chi connectivity index (χ0v) is 12.9. The van der Waals surface area contributed by atoms with Gasteiger partial charge < -0.3 is 15.3 Å². The smallest absolute Gasteiger partial charge is 0.507 e. The molecule has 0 aliphatic carbocycles. The number of phenols is 1. The molecule has 0 bridgehead atoms. The second-order valence-corrected chi connectivity index (χ2v) is 5.22. The first-order valence-corrected chi connectivity index (χ1v) is 7.24. The van der Waals surface area contributed by atoms with Crippen molar-refractivity contribution in [1.82, 2.24) is 5.43 Å². The Bertz CT molecular complexity index is 985. The van der Waals surface area contributed by atoms with Gasteiger partial charge in [0.05, 0.1) is 10.9 Å². The molecular formula is C17H11F3N2O4. The molecule has 1 heterocycles. The summed E-state index contributed by atoms with van der Waals surface area (Å²) >= 11 is 0. The maximum atomic E-state index is 12.3. The Morgan fingerprint density at radius 1 is 1.15 bits per heavy atom. The molecule has 0 atom stereocenters. The van der Waals surface area contributed by atoms with Crippen molar-refractivity contribution in [3.8, 4) is 11.5 Å². The van der Waals surface area contributed by atoms with Gasteiger partial charge in [0, 0.05) is 11.4 Å². The van der Waals surface area contributed by atoms with Crippen LogP contribution in [-0.2, 0) is 9.59 Å². The Kier molecular flexibility index (Phi) is 4.29. The molecule has 2 N–H and O–H groups in total. The molecule has 0 saturated heterocycles. The van der Waals surface area contributed by atoms with Crippen LogP contribution in [0.4, 0.5) is 18.9 Å². The lowest BCUT2D eigenvalue weighted by atomic mass is 10.1. The Balaban J connectivity index is 2.09. The van der Waals surface area contributed by atoms with Crippen LogP contribution in [0.25, 0.3) is 11.9 Å². The summed E-state index contributed by atoms with van der Waals surface area (Å²) in [6.07, 6.45) is -3.25. The van der Waals surface area contributed by atoms with E-state index < -0.39 is 17.9 Å². The van der Waals surface area contributed by atoms with Crippen molar-refractivity contribution < 1.29 is 32.6 Å². The highest BCUT2D eigenvalue weighted by atomic mass is 19.4. The van der Waals surface area contributed by atoms with Gasteiger partial charge in [0.25, 0.3) is 0 Å². The van der Waals surface area contributed by atoms with Crippen molar-refractivity contribution in [2.75, 3.05) is 5.01 Å². The molecule has 9 heteroatoms. The van der Waals surface area contributed by atoms with Gasteiger partial charge >= 0.3 is 6.36 Å². The molecule has 134 valence electrons. The predicted octanol–water partition coefficient (Wildman–Crippen LogP) is 0.930. The highest BCUT2D eigenvalue weighted by molar-refractivity contribution is 6.45. The molecule has 1 aliphatic rings. The molecule has 0 radical (unpaired) electrons. The third-order valence-electron chi connectivity index (χ3n) is 3.55. The van der Waals surface area contributed by atoms with Crippen LogP contribution in [0.2, 0.25) is 0 Å². The second kappa shape index (κ2) is 6.43. The van der Waals surface area contributed by atoms with E-state index in [0.717, 1.165) is 12.1 Å². The van der Waals surface area contributed by atoms with E-state index in [-0.39, 0.29) is 28.6 Å². The van der Waals surface area contributed by atoms with Crippen LogP contribution in [0, 0.1) is 0 Å². The number of ether oxygens (including phenoxy) is 1. The number of rotatable bonds is 4. The fourth-order valence-electron chi connectivity index (χ4n) is 2.54. The van der Waals surface area contributed by atoms with Crippen LogP contribution in [0.15, 0.2) is 42.5 Å². The SMILES string of the molecule is O=CC(=O)C1=c2c(O)cccc2=CNN1c1ccc(OC(F)(F)F)cc1. The number of aromatic hydroxyl groups is 1. The van der Waals surface area contributed by atoms with Gasteiger partial charge in [-0.3, -0.25) is 14.6 Å². The lowest BCUT2D eigenvalue weighted by Crippen LogP contribution is -2.49. The molecular weight excluding hydrogens is 353 g/mol. The first kappa shape index (κ1) is 17.3. The molecule has 2 aromatic carbocycles. The molecule has 1 aliphatic heterocycles. The normalized spacial score (nSPS) is 13.3. The van der Waals surface area contributed by atoms with E-state index in [0.29, 0.717) is 5.22 Å². The highest BCUT2D eigenvalue weighted by Crippen LogP contribution is 2.26. The van der Waals surface area contributed by atoms with Gasteiger partial charge in [-0.2, -0.15) is 0 Å². The Hall–Kier alpha value is -3.49. The number of aldehydes is 1. The lowest BCUT2D eigenvalue weighted by Gasteiger charge is -2.28. The summed E-state index contributed by atoms with van der Waals surface area (Å²) in [5, 5.41) is 11.9. The third kappa shape index (κ3) is 3.32. The molecule has 0 amide bonds. The quantitative estimate of drug-likeness (QED) is 0.621. The third-order valence-corrected chi connectivity index (χ3v) is 3.55. The minimum absolute atomic E-state index is 0.0900. The number of benzene rings is 2.